The molecule has 0 spiro atoms. The molecule has 0 aliphatic heterocycles. The van der Waals surface area contributed by atoms with Gasteiger partial charge in [0.1, 0.15) is 5.78 Å². The predicted molar refractivity (Wildman–Crippen MR) is 54.6 cm³/mol. The Morgan fingerprint density at radius 3 is 3.00 bits per heavy atom. The smallest absolute Gasteiger partial charge is 0.146 e. The van der Waals surface area contributed by atoms with Gasteiger partial charge in [-0.2, -0.15) is 0 Å². The number of hydrogen-bond acceptors (Lipinski definition) is 2. The van der Waals surface area contributed by atoms with Crippen molar-refractivity contribution in [2.24, 2.45) is 23.7 Å². The maximum atomic E-state index is 11.9. The Labute approximate surface area is 84.3 Å². The van der Waals surface area contributed by atoms with Crippen LogP contribution in [0.3, 0.4) is 0 Å². The summed E-state index contributed by atoms with van der Waals surface area (Å²) in [5.74, 6) is 0.578. The van der Waals surface area contributed by atoms with Crippen molar-refractivity contribution in [1.29, 1.82) is 0 Å². The van der Waals surface area contributed by atoms with Gasteiger partial charge < -0.3 is 5.11 Å². The average Bonchev–Trinajstić information content (AvgIpc) is 2.19. The molecule has 2 nitrogen and oxygen atoms in total. The fourth-order valence-electron chi connectivity index (χ4n) is 2.84. The third-order valence-electron chi connectivity index (χ3n) is 3.69. The lowest BCUT2D eigenvalue weighted by molar-refractivity contribution is -0.133. The van der Waals surface area contributed by atoms with Crippen LogP contribution in [0.15, 0.2) is 24.3 Å². The van der Waals surface area contributed by atoms with E-state index in [1.165, 1.54) is 5.57 Å². The van der Waals surface area contributed by atoms with E-state index in [9.17, 15) is 9.90 Å². The summed E-state index contributed by atoms with van der Waals surface area (Å²) in [4.78, 5) is 11.9. The van der Waals surface area contributed by atoms with Gasteiger partial charge in [-0.05, 0) is 25.2 Å². The van der Waals surface area contributed by atoms with Gasteiger partial charge in [0, 0.05) is 11.8 Å². The van der Waals surface area contributed by atoms with Crippen LogP contribution in [0, 0.1) is 23.7 Å². The summed E-state index contributed by atoms with van der Waals surface area (Å²) >= 11 is 0. The molecule has 0 heterocycles. The van der Waals surface area contributed by atoms with Gasteiger partial charge in [0.25, 0.3) is 0 Å². The van der Waals surface area contributed by atoms with Crippen molar-refractivity contribution in [3.63, 3.8) is 0 Å². The first-order chi connectivity index (χ1) is 6.69. The van der Waals surface area contributed by atoms with Crippen LogP contribution in [0.2, 0.25) is 0 Å². The molecule has 76 valence electrons. The Bertz CT molecular complexity index is 303. The molecule has 1 N–H and O–H groups in total. The molecule has 3 aliphatic carbocycles. The van der Waals surface area contributed by atoms with Crippen molar-refractivity contribution in [1.82, 2.24) is 0 Å². The molecule has 2 heteroatoms. The van der Waals surface area contributed by atoms with Crippen LogP contribution in [0.1, 0.15) is 13.3 Å². The lowest BCUT2D eigenvalue weighted by atomic mass is 9.60. The van der Waals surface area contributed by atoms with Crippen LogP contribution < -0.4 is 0 Å². The second kappa shape index (κ2) is 3.35. The molecule has 0 saturated heterocycles. The molecule has 3 aliphatic rings. The molecule has 1 fully saturated rings. The lowest BCUT2D eigenvalue weighted by Gasteiger charge is -2.43. The van der Waals surface area contributed by atoms with Gasteiger partial charge in [-0.15, -0.1) is 6.58 Å². The van der Waals surface area contributed by atoms with Crippen LogP contribution in [0.25, 0.3) is 0 Å². The number of allylic oxidation sites excluding steroid dienone is 3. The van der Waals surface area contributed by atoms with Gasteiger partial charge in [-0.1, -0.05) is 17.7 Å². The van der Waals surface area contributed by atoms with Crippen molar-refractivity contribution >= 4 is 5.78 Å². The molecule has 4 unspecified atom stereocenters. The van der Waals surface area contributed by atoms with E-state index in [4.69, 9.17) is 0 Å². The summed E-state index contributed by atoms with van der Waals surface area (Å²) in [6.45, 7) is 5.83. The minimum Gasteiger partial charge on any atom is -0.396 e. The highest BCUT2D eigenvalue weighted by Crippen LogP contribution is 2.45. The predicted octanol–water partition coefficient (Wildman–Crippen LogP) is 1.56. The Hall–Kier alpha value is -0.890. The summed E-state index contributed by atoms with van der Waals surface area (Å²) in [7, 11) is 0. The molecule has 2 bridgehead atoms. The third kappa shape index (κ3) is 1.17. The van der Waals surface area contributed by atoms with Gasteiger partial charge in [-0.3, -0.25) is 4.79 Å². The van der Waals surface area contributed by atoms with Gasteiger partial charge in [0.15, 0.2) is 0 Å². The molecular weight excluding hydrogens is 176 g/mol. The van der Waals surface area contributed by atoms with Crippen LogP contribution in [-0.2, 0) is 4.79 Å². The number of ketones is 1. The van der Waals surface area contributed by atoms with E-state index in [2.05, 4.69) is 19.6 Å². The van der Waals surface area contributed by atoms with Crippen molar-refractivity contribution < 1.29 is 9.90 Å². The molecule has 0 radical (unpaired) electrons. The van der Waals surface area contributed by atoms with Crippen LogP contribution in [-0.4, -0.2) is 17.5 Å². The van der Waals surface area contributed by atoms with E-state index >= 15 is 0 Å². The zero-order valence-electron chi connectivity index (χ0n) is 8.44. The van der Waals surface area contributed by atoms with Gasteiger partial charge in [0.2, 0.25) is 0 Å². The summed E-state index contributed by atoms with van der Waals surface area (Å²) in [6.07, 6.45) is 4.93. The first-order valence-electron chi connectivity index (χ1n) is 5.14. The van der Waals surface area contributed by atoms with E-state index < -0.39 is 0 Å². The summed E-state index contributed by atoms with van der Waals surface area (Å²) in [5, 5.41) is 9.19. The molecular formula is C12H16O2. The van der Waals surface area contributed by atoms with Gasteiger partial charge in [0.05, 0.1) is 6.61 Å². The Morgan fingerprint density at radius 2 is 2.43 bits per heavy atom. The first-order valence-corrected chi connectivity index (χ1v) is 5.14. The number of carbonyl (C=O) groups excluding carboxylic acids is 1. The fraction of sp³-hybridized carbons (Fsp3) is 0.583. The maximum Gasteiger partial charge on any atom is 0.146 e. The fourth-order valence-corrected chi connectivity index (χ4v) is 2.84. The molecule has 4 atom stereocenters. The SMILES string of the molecule is C=CC1CC2C(C)=CC1C(=O)C2CO. The highest BCUT2D eigenvalue weighted by Gasteiger charge is 2.45. The average molecular weight is 192 g/mol. The summed E-state index contributed by atoms with van der Waals surface area (Å²) in [6, 6.07) is 0. The molecule has 3 rings (SSSR count). The number of aliphatic hydroxyl groups is 1. The molecule has 0 aromatic heterocycles. The van der Waals surface area contributed by atoms with Crippen molar-refractivity contribution in [2.45, 2.75) is 13.3 Å². The third-order valence-corrected chi connectivity index (χ3v) is 3.69. The van der Waals surface area contributed by atoms with E-state index in [1.807, 2.05) is 6.08 Å². The number of carbonyl (C=O) groups is 1. The number of Topliss-reactive ketones (excluding diaryl/α,β-unsaturated/α-hetero) is 1. The van der Waals surface area contributed by atoms with Crippen LogP contribution in [0.5, 0.6) is 0 Å². The summed E-state index contributed by atoms with van der Waals surface area (Å²) < 4.78 is 0. The Morgan fingerprint density at radius 1 is 1.71 bits per heavy atom. The minimum absolute atomic E-state index is 0.00492. The molecule has 0 amide bonds. The van der Waals surface area contributed by atoms with Gasteiger partial charge >= 0.3 is 0 Å². The zero-order chi connectivity index (χ0) is 10.3. The van der Waals surface area contributed by atoms with E-state index in [0.717, 1.165) is 6.42 Å². The number of hydrogen-bond donors (Lipinski definition) is 1. The van der Waals surface area contributed by atoms with Crippen molar-refractivity contribution in [3.05, 3.63) is 24.3 Å². The monoisotopic (exact) mass is 192 g/mol. The van der Waals surface area contributed by atoms with Crippen molar-refractivity contribution in [3.8, 4) is 0 Å². The molecule has 14 heavy (non-hydrogen) atoms. The number of rotatable bonds is 2. The topological polar surface area (TPSA) is 37.3 Å². The molecule has 0 aromatic carbocycles. The molecule has 0 aromatic rings. The lowest BCUT2D eigenvalue weighted by Crippen LogP contribution is -2.45. The second-order valence-corrected chi connectivity index (χ2v) is 4.37. The first kappa shape index (κ1) is 9.66. The highest BCUT2D eigenvalue weighted by molar-refractivity contribution is 5.88. The molecule has 1 saturated carbocycles. The number of aliphatic hydroxyl groups excluding tert-OH is 1. The maximum absolute atomic E-state index is 11.9. The van der Waals surface area contributed by atoms with Crippen LogP contribution in [0.4, 0.5) is 0 Å². The highest BCUT2D eigenvalue weighted by atomic mass is 16.3. The largest absolute Gasteiger partial charge is 0.396 e. The minimum atomic E-state index is -0.152. The van der Waals surface area contributed by atoms with Gasteiger partial charge in [-0.25, -0.2) is 0 Å². The van der Waals surface area contributed by atoms with Crippen LogP contribution >= 0.6 is 0 Å². The second-order valence-electron chi connectivity index (χ2n) is 4.37. The quantitative estimate of drug-likeness (QED) is 0.674. The standard InChI is InChI=1S/C12H16O2/c1-3-8-5-9-7(2)4-10(8)12(14)11(9)6-13/h3-4,8-11,13H,1,5-6H2,2H3. The normalized spacial score (nSPS) is 41.0. The van der Waals surface area contributed by atoms with E-state index in [-0.39, 0.29) is 30.1 Å². The van der Waals surface area contributed by atoms with E-state index in [0.29, 0.717) is 5.92 Å². The van der Waals surface area contributed by atoms with E-state index in [1.54, 1.807) is 0 Å². The Balaban J connectivity index is 2.36. The zero-order valence-corrected chi connectivity index (χ0v) is 8.44. The number of fused-ring (bicyclic) bond motifs is 2. The Kier molecular flexibility index (Phi) is 2.31. The summed E-state index contributed by atoms with van der Waals surface area (Å²) in [5.41, 5.74) is 1.27. The van der Waals surface area contributed by atoms with Crippen molar-refractivity contribution in [2.75, 3.05) is 6.61 Å².